The summed E-state index contributed by atoms with van der Waals surface area (Å²) in [6, 6.07) is 8.43. The van der Waals surface area contributed by atoms with Crippen LogP contribution in [-0.2, 0) is 16.1 Å². The normalized spacial score (nSPS) is 26.7. The number of carbonyl (C=O) groups is 2. The number of allylic oxidation sites excluding steroid dienone is 2. The fraction of sp³-hybridized carbons (Fsp3) is 0.500. The molecule has 0 spiro atoms. The van der Waals surface area contributed by atoms with Crippen LogP contribution in [0.25, 0.3) is 0 Å². The highest BCUT2D eigenvalue weighted by atomic mass is 127. The van der Waals surface area contributed by atoms with E-state index >= 15 is 0 Å². The van der Waals surface area contributed by atoms with E-state index in [9.17, 15) is 9.59 Å². The van der Waals surface area contributed by atoms with Gasteiger partial charge in [-0.25, -0.2) is 0 Å². The van der Waals surface area contributed by atoms with Gasteiger partial charge in [0, 0.05) is 31.6 Å². The first kappa shape index (κ1) is 23.1. The van der Waals surface area contributed by atoms with E-state index in [1.54, 1.807) is 18.8 Å². The van der Waals surface area contributed by atoms with Gasteiger partial charge in [0.2, 0.25) is 11.8 Å². The van der Waals surface area contributed by atoms with Crippen LogP contribution in [0.2, 0.25) is 0 Å². The number of likely N-dealkylation sites (tertiary alicyclic amines) is 1. The van der Waals surface area contributed by atoms with Gasteiger partial charge >= 0.3 is 0 Å². The Kier molecular flexibility index (Phi) is 7.84. The fourth-order valence-electron chi connectivity index (χ4n) is 4.78. The number of benzene rings is 1. The van der Waals surface area contributed by atoms with Gasteiger partial charge in [0.05, 0.1) is 11.8 Å². The molecule has 1 saturated heterocycles. The molecule has 4 atom stereocenters. The number of aliphatic imine (C=N–C) groups is 1. The maximum absolute atomic E-state index is 12.7. The van der Waals surface area contributed by atoms with E-state index in [-0.39, 0.29) is 59.5 Å². The molecule has 2 fully saturated rings. The van der Waals surface area contributed by atoms with Crippen LogP contribution in [-0.4, -0.2) is 49.1 Å². The standard InChI is InChI=1S/C22H28N4O2S.HI/c1-23-22(25-13-14-4-8-17(29-2)9-5-14)24-10-3-11-26-20(27)18-15-6-7-16(12-15)19(18)21(26)28;/h4-9,15-16,18-19H,3,10-13H2,1-2H3,(H2,23,24,25);1H. The van der Waals surface area contributed by atoms with Crippen molar-refractivity contribution in [1.82, 2.24) is 15.5 Å². The van der Waals surface area contributed by atoms with E-state index in [0.717, 1.165) is 12.4 Å². The summed E-state index contributed by atoms with van der Waals surface area (Å²) >= 11 is 1.73. The molecular formula is C22H29IN4O2S. The zero-order valence-corrected chi connectivity index (χ0v) is 20.5. The second kappa shape index (κ2) is 10.2. The minimum Gasteiger partial charge on any atom is -0.356 e. The maximum Gasteiger partial charge on any atom is 0.233 e. The number of carbonyl (C=O) groups excluding carboxylic acids is 2. The average molecular weight is 540 g/mol. The van der Waals surface area contributed by atoms with E-state index in [1.807, 2.05) is 0 Å². The van der Waals surface area contributed by atoms with Gasteiger partial charge in [-0.2, -0.15) is 0 Å². The topological polar surface area (TPSA) is 73.8 Å². The molecular weight excluding hydrogens is 511 g/mol. The molecule has 1 aliphatic heterocycles. The van der Waals surface area contributed by atoms with Crippen LogP contribution in [0, 0.1) is 23.7 Å². The molecule has 4 rings (SSSR count). The van der Waals surface area contributed by atoms with Gasteiger partial charge < -0.3 is 10.6 Å². The molecule has 2 N–H and O–H groups in total. The molecule has 2 aliphatic carbocycles. The molecule has 3 aliphatic rings. The van der Waals surface area contributed by atoms with Gasteiger partial charge in [-0.05, 0) is 48.6 Å². The summed E-state index contributed by atoms with van der Waals surface area (Å²) < 4.78 is 0. The van der Waals surface area contributed by atoms with E-state index < -0.39 is 0 Å². The van der Waals surface area contributed by atoms with Crippen molar-refractivity contribution in [3.05, 3.63) is 42.0 Å². The highest BCUT2D eigenvalue weighted by Crippen LogP contribution is 2.52. The lowest BCUT2D eigenvalue weighted by atomic mass is 9.85. The van der Waals surface area contributed by atoms with Gasteiger partial charge in [-0.3, -0.25) is 19.5 Å². The lowest BCUT2D eigenvalue weighted by molar-refractivity contribution is -0.140. The van der Waals surface area contributed by atoms with Gasteiger partial charge in [0.1, 0.15) is 0 Å². The van der Waals surface area contributed by atoms with Crippen molar-refractivity contribution in [2.24, 2.45) is 28.7 Å². The largest absolute Gasteiger partial charge is 0.356 e. The van der Waals surface area contributed by atoms with Crippen molar-refractivity contribution in [2.75, 3.05) is 26.4 Å². The Hall–Kier alpha value is -1.55. The van der Waals surface area contributed by atoms with Crippen molar-refractivity contribution in [3.63, 3.8) is 0 Å². The first-order valence-electron chi connectivity index (χ1n) is 10.2. The predicted octanol–water partition coefficient (Wildman–Crippen LogP) is 2.89. The Morgan fingerprint density at radius 1 is 1.10 bits per heavy atom. The molecule has 0 radical (unpaired) electrons. The maximum atomic E-state index is 12.7. The second-order valence-corrected chi connectivity index (χ2v) is 8.76. The predicted molar refractivity (Wildman–Crippen MR) is 131 cm³/mol. The quantitative estimate of drug-likeness (QED) is 0.106. The number of rotatable bonds is 7. The fourth-order valence-corrected chi connectivity index (χ4v) is 5.19. The van der Waals surface area contributed by atoms with Crippen molar-refractivity contribution in [2.45, 2.75) is 24.3 Å². The number of nitrogens with one attached hydrogen (secondary N) is 2. The number of hydrogen-bond donors (Lipinski definition) is 2. The van der Waals surface area contributed by atoms with E-state index in [4.69, 9.17) is 0 Å². The molecule has 4 unspecified atom stereocenters. The summed E-state index contributed by atoms with van der Waals surface area (Å²) in [7, 11) is 1.74. The van der Waals surface area contributed by atoms with Crippen LogP contribution in [0.1, 0.15) is 18.4 Å². The van der Waals surface area contributed by atoms with Gasteiger partial charge in [0.15, 0.2) is 5.96 Å². The molecule has 162 valence electrons. The first-order valence-corrected chi connectivity index (χ1v) is 11.5. The lowest BCUT2D eigenvalue weighted by Gasteiger charge is -2.18. The molecule has 0 aromatic heterocycles. The summed E-state index contributed by atoms with van der Waals surface area (Å²) in [6.07, 6.45) is 8.02. The molecule has 30 heavy (non-hydrogen) atoms. The number of nitrogens with zero attached hydrogens (tertiary/aromatic N) is 2. The van der Waals surface area contributed by atoms with Crippen molar-refractivity contribution in [1.29, 1.82) is 0 Å². The number of guanidine groups is 1. The number of amides is 2. The van der Waals surface area contributed by atoms with E-state index in [0.29, 0.717) is 26.1 Å². The lowest BCUT2D eigenvalue weighted by Crippen LogP contribution is -2.39. The zero-order chi connectivity index (χ0) is 20.4. The number of halogens is 1. The SMILES string of the molecule is CN=C(NCCCN1C(=O)C2C3C=CC(C3)C2C1=O)NCc1ccc(SC)cc1.I. The molecule has 1 saturated carbocycles. The third-order valence-corrected chi connectivity index (χ3v) is 7.00. The van der Waals surface area contributed by atoms with Crippen LogP contribution in [0.4, 0.5) is 0 Å². The van der Waals surface area contributed by atoms with Crippen LogP contribution >= 0.6 is 35.7 Å². The van der Waals surface area contributed by atoms with Gasteiger partial charge in [0.25, 0.3) is 0 Å². The highest BCUT2D eigenvalue weighted by Gasteiger charge is 2.58. The monoisotopic (exact) mass is 540 g/mol. The smallest absolute Gasteiger partial charge is 0.233 e. The van der Waals surface area contributed by atoms with E-state index in [1.165, 1.54) is 15.4 Å². The Balaban J connectivity index is 0.00000256. The summed E-state index contributed by atoms with van der Waals surface area (Å²) in [5.74, 6) is 1.14. The second-order valence-electron chi connectivity index (χ2n) is 7.88. The number of fused-ring (bicyclic) bond motifs is 5. The van der Waals surface area contributed by atoms with Crippen LogP contribution in [0.5, 0.6) is 0 Å². The highest BCUT2D eigenvalue weighted by molar-refractivity contribution is 14.0. The Morgan fingerprint density at radius 2 is 1.73 bits per heavy atom. The molecule has 6 nitrogen and oxygen atoms in total. The number of imide groups is 1. The van der Waals surface area contributed by atoms with Crippen LogP contribution in [0.15, 0.2) is 46.3 Å². The third-order valence-electron chi connectivity index (χ3n) is 6.26. The van der Waals surface area contributed by atoms with Crippen LogP contribution < -0.4 is 10.6 Å². The molecule has 1 aromatic rings. The molecule has 1 aromatic carbocycles. The zero-order valence-electron chi connectivity index (χ0n) is 17.3. The number of thioether (sulfide) groups is 1. The average Bonchev–Trinajstić information content (AvgIpc) is 3.43. The van der Waals surface area contributed by atoms with Gasteiger partial charge in [-0.1, -0.05) is 24.3 Å². The van der Waals surface area contributed by atoms with Crippen molar-refractivity contribution >= 4 is 53.5 Å². The van der Waals surface area contributed by atoms with Crippen molar-refractivity contribution in [3.8, 4) is 0 Å². The van der Waals surface area contributed by atoms with Gasteiger partial charge in [-0.15, -0.1) is 35.7 Å². The summed E-state index contributed by atoms with van der Waals surface area (Å²) in [5.41, 5.74) is 1.19. The molecule has 1 heterocycles. The first-order chi connectivity index (χ1) is 14.1. The Morgan fingerprint density at radius 3 is 2.30 bits per heavy atom. The third kappa shape index (κ3) is 4.54. The molecule has 8 heteroatoms. The van der Waals surface area contributed by atoms with Crippen LogP contribution in [0.3, 0.4) is 0 Å². The minimum absolute atomic E-state index is 0. The Labute approximate surface area is 199 Å². The summed E-state index contributed by atoms with van der Waals surface area (Å²) in [6.45, 7) is 1.82. The summed E-state index contributed by atoms with van der Waals surface area (Å²) in [4.78, 5) is 32.4. The minimum atomic E-state index is -0.0996. The molecule has 2 bridgehead atoms. The molecule has 2 amide bonds. The number of hydrogen-bond acceptors (Lipinski definition) is 4. The Bertz CT molecular complexity index is 812. The summed E-state index contributed by atoms with van der Waals surface area (Å²) in [5, 5.41) is 6.57. The van der Waals surface area contributed by atoms with Crippen molar-refractivity contribution < 1.29 is 9.59 Å². The van der Waals surface area contributed by atoms with E-state index in [2.05, 4.69) is 58.3 Å².